The Balaban J connectivity index is 3.67. The van der Waals surface area contributed by atoms with Gasteiger partial charge in [-0.1, -0.05) is 0 Å². The van der Waals surface area contributed by atoms with Crippen LogP contribution in [0, 0.1) is 0 Å². The summed E-state index contributed by atoms with van der Waals surface area (Å²) < 4.78 is 0. The van der Waals surface area contributed by atoms with Gasteiger partial charge in [0.2, 0.25) is 5.91 Å². The maximum Gasteiger partial charge on any atom is 0.305 e. The highest BCUT2D eigenvalue weighted by molar-refractivity contribution is 5.84. The molecule has 0 aliphatic heterocycles. The standard InChI is InChI=1S/C8H17N3O4/c9-8(15)6(5-7(13)14)11-2-1-10-3-4-12/h6,10-12H,1-5H2,(H2,9,15)(H,13,14)/t6-/m0/s1. The van der Waals surface area contributed by atoms with E-state index in [9.17, 15) is 9.59 Å². The van der Waals surface area contributed by atoms with E-state index in [1.165, 1.54) is 0 Å². The van der Waals surface area contributed by atoms with Gasteiger partial charge in [0.25, 0.3) is 0 Å². The van der Waals surface area contributed by atoms with Crippen molar-refractivity contribution in [3.8, 4) is 0 Å². The maximum absolute atomic E-state index is 10.8. The average molecular weight is 219 g/mol. The van der Waals surface area contributed by atoms with Crippen molar-refractivity contribution in [2.45, 2.75) is 12.5 Å². The zero-order valence-corrected chi connectivity index (χ0v) is 8.40. The Labute approximate surface area is 87.6 Å². The molecule has 6 N–H and O–H groups in total. The molecule has 0 spiro atoms. The number of rotatable bonds is 9. The second-order valence-electron chi connectivity index (χ2n) is 2.98. The second-order valence-corrected chi connectivity index (χ2v) is 2.98. The van der Waals surface area contributed by atoms with Crippen LogP contribution in [-0.2, 0) is 9.59 Å². The average Bonchev–Trinajstić information content (AvgIpc) is 2.15. The van der Waals surface area contributed by atoms with E-state index in [0.717, 1.165) is 0 Å². The van der Waals surface area contributed by atoms with Crippen LogP contribution in [0.15, 0.2) is 0 Å². The van der Waals surface area contributed by atoms with Crippen molar-refractivity contribution in [3.05, 3.63) is 0 Å². The lowest BCUT2D eigenvalue weighted by molar-refractivity contribution is -0.139. The van der Waals surface area contributed by atoms with Crippen molar-refractivity contribution in [2.24, 2.45) is 5.73 Å². The van der Waals surface area contributed by atoms with Crippen LogP contribution in [0.5, 0.6) is 0 Å². The molecule has 0 aromatic carbocycles. The maximum atomic E-state index is 10.8. The summed E-state index contributed by atoms with van der Waals surface area (Å²) >= 11 is 0. The van der Waals surface area contributed by atoms with Crippen LogP contribution in [0.4, 0.5) is 0 Å². The largest absolute Gasteiger partial charge is 0.481 e. The fourth-order valence-electron chi connectivity index (χ4n) is 0.987. The number of carboxylic acid groups (broad SMARTS) is 1. The number of carbonyl (C=O) groups excluding carboxylic acids is 1. The lowest BCUT2D eigenvalue weighted by atomic mass is 10.2. The highest BCUT2D eigenvalue weighted by atomic mass is 16.4. The van der Waals surface area contributed by atoms with Gasteiger partial charge in [0.15, 0.2) is 0 Å². The van der Waals surface area contributed by atoms with E-state index in [2.05, 4.69) is 10.6 Å². The monoisotopic (exact) mass is 219 g/mol. The third-order valence-corrected chi connectivity index (χ3v) is 1.70. The Morgan fingerprint density at radius 3 is 2.40 bits per heavy atom. The van der Waals surface area contributed by atoms with Crippen molar-refractivity contribution < 1.29 is 19.8 Å². The minimum atomic E-state index is -1.07. The molecule has 0 aromatic heterocycles. The summed E-state index contributed by atoms with van der Waals surface area (Å²) in [4.78, 5) is 21.1. The normalized spacial score (nSPS) is 12.3. The SMILES string of the molecule is NC(=O)[C@H](CC(=O)O)NCCNCCO. The van der Waals surface area contributed by atoms with Gasteiger partial charge in [0.1, 0.15) is 0 Å². The number of carbonyl (C=O) groups is 2. The molecule has 1 amide bonds. The first-order chi connectivity index (χ1) is 7.07. The number of amides is 1. The Morgan fingerprint density at radius 2 is 1.93 bits per heavy atom. The van der Waals surface area contributed by atoms with Crippen LogP contribution in [-0.4, -0.2) is 54.4 Å². The van der Waals surface area contributed by atoms with Crippen LogP contribution in [0.2, 0.25) is 0 Å². The van der Waals surface area contributed by atoms with Crippen molar-refractivity contribution in [1.82, 2.24) is 10.6 Å². The molecule has 0 rings (SSSR count). The molecule has 0 aliphatic carbocycles. The smallest absolute Gasteiger partial charge is 0.305 e. The molecule has 0 radical (unpaired) electrons. The molecule has 0 unspecified atom stereocenters. The van der Waals surface area contributed by atoms with Crippen LogP contribution < -0.4 is 16.4 Å². The molecule has 7 heteroatoms. The Bertz CT molecular complexity index is 210. The van der Waals surface area contributed by atoms with Crippen molar-refractivity contribution in [3.63, 3.8) is 0 Å². The molecular formula is C8H17N3O4. The quantitative estimate of drug-likeness (QED) is 0.273. The fourth-order valence-corrected chi connectivity index (χ4v) is 0.987. The summed E-state index contributed by atoms with van der Waals surface area (Å²) in [5, 5.41) is 22.5. The van der Waals surface area contributed by atoms with Crippen molar-refractivity contribution in [2.75, 3.05) is 26.2 Å². The molecule has 0 heterocycles. The minimum absolute atomic E-state index is 0.0361. The Hall–Kier alpha value is -1.18. The summed E-state index contributed by atoms with van der Waals surface area (Å²) in [7, 11) is 0. The van der Waals surface area contributed by atoms with Crippen LogP contribution in [0.3, 0.4) is 0 Å². The summed E-state index contributed by atoms with van der Waals surface area (Å²) in [6.45, 7) is 1.45. The zero-order chi connectivity index (χ0) is 11.7. The lowest BCUT2D eigenvalue weighted by Crippen LogP contribution is -2.45. The van der Waals surface area contributed by atoms with Gasteiger partial charge in [-0.2, -0.15) is 0 Å². The van der Waals surface area contributed by atoms with E-state index in [1.807, 2.05) is 0 Å². The first kappa shape index (κ1) is 13.8. The van der Waals surface area contributed by atoms with E-state index in [4.69, 9.17) is 15.9 Å². The Morgan fingerprint density at radius 1 is 1.27 bits per heavy atom. The first-order valence-electron chi connectivity index (χ1n) is 4.64. The number of hydrogen-bond acceptors (Lipinski definition) is 5. The molecule has 0 fully saturated rings. The highest BCUT2D eigenvalue weighted by Crippen LogP contribution is 1.90. The van der Waals surface area contributed by atoms with Crippen LogP contribution in [0.1, 0.15) is 6.42 Å². The van der Waals surface area contributed by atoms with E-state index >= 15 is 0 Å². The topological polar surface area (TPSA) is 125 Å². The summed E-state index contributed by atoms with van der Waals surface area (Å²) in [5.41, 5.74) is 5.00. The highest BCUT2D eigenvalue weighted by Gasteiger charge is 2.17. The molecule has 0 saturated heterocycles. The van der Waals surface area contributed by atoms with Gasteiger partial charge in [0, 0.05) is 19.6 Å². The molecule has 7 nitrogen and oxygen atoms in total. The first-order valence-corrected chi connectivity index (χ1v) is 4.64. The van der Waals surface area contributed by atoms with Crippen molar-refractivity contribution in [1.29, 1.82) is 0 Å². The van der Waals surface area contributed by atoms with E-state index in [-0.39, 0.29) is 13.0 Å². The van der Waals surface area contributed by atoms with Gasteiger partial charge in [-0.25, -0.2) is 0 Å². The van der Waals surface area contributed by atoms with Crippen LogP contribution >= 0.6 is 0 Å². The molecular weight excluding hydrogens is 202 g/mol. The fraction of sp³-hybridized carbons (Fsp3) is 0.750. The van der Waals surface area contributed by atoms with Gasteiger partial charge >= 0.3 is 5.97 Å². The molecule has 0 aromatic rings. The molecule has 15 heavy (non-hydrogen) atoms. The minimum Gasteiger partial charge on any atom is -0.481 e. The number of primary amides is 1. The lowest BCUT2D eigenvalue weighted by Gasteiger charge is -2.13. The van der Waals surface area contributed by atoms with Gasteiger partial charge in [-0.15, -0.1) is 0 Å². The predicted octanol–water partition coefficient (Wildman–Crippen LogP) is -2.51. The van der Waals surface area contributed by atoms with Gasteiger partial charge in [-0.05, 0) is 0 Å². The number of aliphatic hydroxyl groups excluding tert-OH is 1. The number of aliphatic carboxylic acids is 1. The van der Waals surface area contributed by atoms with Crippen molar-refractivity contribution >= 4 is 11.9 Å². The molecule has 0 bridgehead atoms. The van der Waals surface area contributed by atoms with Gasteiger partial charge < -0.3 is 26.6 Å². The van der Waals surface area contributed by atoms with E-state index in [0.29, 0.717) is 19.6 Å². The number of nitrogens with one attached hydrogen (secondary N) is 2. The number of carboxylic acids is 1. The summed E-state index contributed by atoms with van der Waals surface area (Å²) in [5.74, 6) is -1.76. The third-order valence-electron chi connectivity index (χ3n) is 1.70. The number of nitrogens with two attached hydrogens (primary N) is 1. The molecule has 88 valence electrons. The predicted molar refractivity (Wildman–Crippen MR) is 53.2 cm³/mol. The second kappa shape index (κ2) is 8.16. The Kier molecular flexibility index (Phi) is 7.51. The molecule has 0 aliphatic rings. The number of hydrogen-bond donors (Lipinski definition) is 5. The molecule has 0 saturated carbocycles. The summed E-state index contributed by atoms with van der Waals surface area (Å²) in [6.07, 6.45) is -0.324. The van der Waals surface area contributed by atoms with Gasteiger partial charge in [-0.3, -0.25) is 9.59 Å². The third kappa shape index (κ3) is 7.86. The van der Waals surface area contributed by atoms with Crippen LogP contribution in [0.25, 0.3) is 0 Å². The van der Waals surface area contributed by atoms with Gasteiger partial charge in [0.05, 0.1) is 19.1 Å². The zero-order valence-electron chi connectivity index (χ0n) is 8.40. The van der Waals surface area contributed by atoms with E-state index in [1.54, 1.807) is 0 Å². The number of aliphatic hydroxyl groups is 1. The summed E-state index contributed by atoms with van der Waals surface area (Å²) in [6, 6.07) is -0.849. The molecule has 1 atom stereocenters. The van der Waals surface area contributed by atoms with E-state index < -0.39 is 17.9 Å².